The second kappa shape index (κ2) is 7.38. The van der Waals surface area contributed by atoms with Crippen LogP contribution in [0.25, 0.3) is 0 Å². The van der Waals surface area contributed by atoms with Crippen molar-refractivity contribution in [1.82, 2.24) is 10.2 Å². The van der Waals surface area contributed by atoms with Crippen molar-refractivity contribution in [2.24, 2.45) is 0 Å². The first kappa shape index (κ1) is 16.9. The number of piperazine rings is 1. The number of hydrogen-bond donors (Lipinski definition) is 2. The molecule has 2 aliphatic rings. The van der Waals surface area contributed by atoms with E-state index in [-0.39, 0.29) is 5.91 Å². The lowest BCUT2D eigenvalue weighted by atomic mass is 10.1. The van der Waals surface area contributed by atoms with Crippen LogP contribution in [0.15, 0.2) is 48.5 Å². The summed E-state index contributed by atoms with van der Waals surface area (Å²) < 4.78 is 0. The van der Waals surface area contributed by atoms with E-state index in [0.717, 1.165) is 51.3 Å². The van der Waals surface area contributed by atoms with Crippen LogP contribution in [0.5, 0.6) is 0 Å². The number of nitrogen functional groups attached to an aromatic ring is 1. The fraction of sp³-hybridized carbons (Fsp3) is 0.381. The van der Waals surface area contributed by atoms with Crippen molar-refractivity contribution in [2.45, 2.75) is 25.4 Å². The Hall–Kier alpha value is -2.53. The molecule has 0 radical (unpaired) electrons. The summed E-state index contributed by atoms with van der Waals surface area (Å²) in [6, 6.07) is 16.6. The molecule has 136 valence electrons. The predicted octanol–water partition coefficient (Wildman–Crippen LogP) is 2.48. The van der Waals surface area contributed by atoms with Crippen LogP contribution < -0.4 is 16.0 Å². The van der Waals surface area contributed by atoms with Gasteiger partial charge in [-0.25, -0.2) is 0 Å². The highest BCUT2D eigenvalue weighted by Gasteiger charge is 2.27. The van der Waals surface area contributed by atoms with Crippen molar-refractivity contribution >= 4 is 17.3 Å². The lowest BCUT2D eigenvalue weighted by molar-refractivity contribution is 0.0951. The summed E-state index contributed by atoms with van der Waals surface area (Å²) in [5, 5.41) is 3.09. The van der Waals surface area contributed by atoms with Crippen LogP contribution in [0.3, 0.4) is 0 Å². The van der Waals surface area contributed by atoms with Crippen molar-refractivity contribution in [1.29, 1.82) is 0 Å². The number of nitrogens with zero attached hydrogens (tertiary/aromatic N) is 2. The molecule has 1 heterocycles. The second-order valence-corrected chi connectivity index (χ2v) is 7.27. The summed E-state index contributed by atoms with van der Waals surface area (Å²) in [5.74, 6) is 0.00140. The molecule has 1 aliphatic carbocycles. The van der Waals surface area contributed by atoms with Gasteiger partial charge in [0.05, 0.1) is 5.56 Å². The van der Waals surface area contributed by atoms with E-state index < -0.39 is 0 Å². The zero-order valence-electron chi connectivity index (χ0n) is 15.0. The zero-order chi connectivity index (χ0) is 17.9. The monoisotopic (exact) mass is 350 g/mol. The number of rotatable bonds is 5. The zero-order valence-corrected chi connectivity index (χ0v) is 15.0. The van der Waals surface area contributed by atoms with Crippen LogP contribution >= 0.6 is 0 Å². The minimum Gasteiger partial charge on any atom is -0.399 e. The topological polar surface area (TPSA) is 61.6 Å². The number of hydrogen-bond acceptors (Lipinski definition) is 4. The Morgan fingerprint density at radius 2 is 1.77 bits per heavy atom. The van der Waals surface area contributed by atoms with Gasteiger partial charge in [-0.3, -0.25) is 9.69 Å². The fourth-order valence-corrected chi connectivity index (χ4v) is 3.49. The van der Waals surface area contributed by atoms with Crippen LogP contribution in [0.2, 0.25) is 0 Å². The van der Waals surface area contributed by atoms with Crippen molar-refractivity contribution in [3.8, 4) is 0 Å². The first-order chi connectivity index (χ1) is 12.7. The van der Waals surface area contributed by atoms with Gasteiger partial charge in [0.2, 0.25) is 0 Å². The van der Waals surface area contributed by atoms with Crippen LogP contribution in [0, 0.1) is 0 Å². The second-order valence-electron chi connectivity index (χ2n) is 7.27. The Balaban J connectivity index is 1.43. The molecule has 1 saturated carbocycles. The molecular formula is C21H26N4O. The molecule has 0 aromatic heterocycles. The SMILES string of the molecule is Nc1ccc(N2CCN(Cc3ccccc3)CC2)c(C(=O)NC2CC2)c1. The van der Waals surface area contributed by atoms with Gasteiger partial charge in [0.15, 0.2) is 0 Å². The number of carbonyl (C=O) groups excluding carboxylic acids is 1. The van der Waals surface area contributed by atoms with E-state index in [1.54, 1.807) is 0 Å². The molecule has 0 atom stereocenters. The summed E-state index contributed by atoms with van der Waals surface area (Å²) in [6.45, 7) is 4.79. The number of nitrogens with two attached hydrogens (primary N) is 1. The van der Waals surface area contributed by atoms with Gasteiger partial charge in [0.1, 0.15) is 0 Å². The van der Waals surface area contributed by atoms with Crippen molar-refractivity contribution in [3.63, 3.8) is 0 Å². The Kier molecular flexibility index (Phi) is 4.80. The van der Waals surface area contributed by atoms with Gasteiger partial charge in [-0.2, -0.15) is 0 Å². The molecule has 2 fully saturated rings. The maximum atomic E-state index is 12.6. The molecule has 1 amide bonds. The number of nitrogens with one attached hydrogen (secondary N) is 1. The van der Waals surface area contributed by atoms with Crippen molar-refractivity contribution in [3.05, 3.63) is 59.7 Å². The van der Waals surface area contributed by atoms with Gasteiger partial charge >= 0.3 is 0 Å². The summed E-state index contributed by atoms with van der Waals surface area (Å²) >= 11 is 0. The van der Waals surface area contributed by atoms with Crippen molar-refractivity contribution in [2.75, 3.05) is 36.8 Å². The Morgan fingerprint density at radius 1 is 1.04 bits per heavy atom. The fourth-order valence-electron chi connectivity index (χ4n) is 3.49. The highest BCUT2D eigenvalue weighted by molar-refractivity contribution is 6.01. The molecule has 1 saturated heterocycles. The van der Waals surface area contributed by atoms with E-state index in [9.17, 15) is 4.79 Å². The van der Waals surface area contributed by atoms with Crippen LogP contribution in [-0.4, -0.2) is 43.0 Å². The standard InChI is InChI=1S/C21H26N4O/c22-17-6-9-20(19(14-17)21(26)23-18-7-8-18)25-12-10-24(11-13-25)15-16-4-2-1-3-5-16/h1-6,9,14,18H,7-8,10-13,15,22H2,(H,23,26). The average Bonchev–Trinajstić information content (AvgIpc) is 3.47. The van der Waals surface area contributed by atoms with E-state index in [0.29, 0.717) is 17.3 Å². The van der Waals surface area contributed by atoms with Gasteiger partial charge in [-0.05, 0) is 36.6 Å². The molecule has 0 unspecified atom stereocenters. The van der Waals surface area contributed by atoms with Crippen LogP contribution in [0.1, 0.15) is 28.8 Å². The molecular weight excluding hydrogens is 324 g/mol. The lowest BCUT2D eigenvalue weighted by Gasteiger charge is -2.37. The third-order valence-electron chi connectivity index (χ3n) is 5.14. The van der Waals surface area contributed by atoms with Gasteiger partial charge < -0.3 is 16.0 Å². The molecule has 4 rings (SSSR count). The largest absolute Gasteiger partial charge is 0.399 e. The highest BCUT2D eigenvalue weighted by Crippen LogP contribution is 2.26. The maximum absolute atomic E-state index is 12.6. The molecule has 5 nitrogen and oxygen atoms in total. The smallest absolute Gasteiger partial charge is 0.253 e. The molecule has 0 bridgehead atoms. The molecule has 26 heavy (non-hydrogen) atoms. The molecule has 3 N–H and O–H groups in total. The average molecular weight is 350 g/mol. The number of benzene rings is 2. The molecule has 2 aromatic rings. The Bertz CT molecular complexity index is 765. The van der Waals surface area contributed by atoms with Crippen molar-refractivity contribution < 1.29 is 4.79 Å². The third kappa shape index (κ3) is 3.99. The van der Waals surface area contributed by atoms with Crippen LogP contribution in [0.4, 0.5) is 11.4 Å². The van der Waals surface area contributed by atoms with E-state index in [4.69, 9.17) is 5.73 Å². The van der Waals surface area contributed by atoms with E-state index >= 15 is 0 Å². The quantitative estimate of drug-likeness (QED) is 0.814. The summed E-state index contributed by atoms with van der Waals surface area (Å²) in [5.41, 5.74) is 9.62. The predicted molar refractivity (Wildman–Crippen MR) is 105 cm³/mol. The molecule has 5 heteroatoms. The highest BCUT2D eigenvalue weighted by atomic mass is 16.1. The normalized spacial score (nSPS) is 17.9. The third-order valence-corrected chi connectivity index (χ3v) is 5.14. The first-order valence-electron chi connectivity index (χ1n) is 9.40. The lowest BCUT2D eigenvalue weighted by Crippen LogP contribution is -2.46. The Labute approximate surface area is 154 Å². The Morgan fingerprint density at radius 3 is 2.46 bits per heavy atom. The minimum absolute atomic E-state index is 0.00140. The number of anilines is 2. The van der Waals surface area contributed by atoms with Gasteiger partial charge in [-0.15, -0.1) is 0 Å². The van der Waals surface area contributed by atoms with Crippen LogP contribution in [-0.2, 0) is 6.54 Å². The van der Waals surface area contributed by atoms with E-state index in [2.05, 4.69) is 45.4 Å². The van der Waals surface area contributed by atoms with E-state index in [1.807, 2.05) is 18.2 Å². The number of amides is 1. The maximum Gasteiger partial charge on any atom is 0.253 e. The minimum atomic E-state index is 0.00140. The number of carbonyl (C=O) groups is 1. The first-order valence-corrected chi connectivity index (χ1v) is 9.40. The van der Waals surface area contributed by atoms with Gasteiger partial charge in [0.25, 0.3) is 5.91 Å². The summed E-state index contributed by atoms with van der Waals surface area (Å²) in [6.07, 6.45) is 2.17. The van der Waals surface area contributed by atoms with Gasteiger partial charge in [-0.1, -0.05) is 30.3 Å². The summed E-state index contributed by atoms with van der Waals surface area (Å²) in [4.78, 5) is 17.4. The summed E-state index contributed by atoms with van der Waals surface area (Å²) in [7, 11) is 0. The van der Waals surface area contributed by atoms with E-state index in [1.165, 1.54) is 5.56 Å². The molecule has 1 aliphatic heterocycles. The van der Waals surface area contributed by atoms with Gasteiger partial charge in [0, 0.05) is 50.1 Å². The molecule has 0 spiro atoms. The molecule has 2 aromatic carbocycles.